The first-order chi connectivity index (χ1) is 3.89. The first kappa shape index (κ1) is 5.42. The predicted octanol–water partition coefficient (Wildman–Crippen LogP) is 2.17. The standard InChI is InChI=1S/C7H10O/c8-7-5-3-1-2-4-6-7/h3,5-6,8H,1-2,4H2. The number of hydrogen-bond acceptors (Lipinski definition) is 1. The van der Waals surface area contributed by atoms with Crippen LogP contribution in [-0.2, 0) is 0 Å². The quantitative estimate of drug-likeness (QED) is 0.506. The van der Waals surface area contributed by atoms with Crippen LogP contribution < -0.4 is 0 Å². The Bertz CT molecular complexity index is 122. The molecule has 1 nitrogen and oxygen atoms in total. The summed E-state index contributed by atoms with van der Waals surface area (Å²) in [5.41, 5.74) is 0. The summed E-state index contributed by atoms with van der Waals surface area (Å²) in [6, 6.07) is 0. The van der Waals surface area contributed by atoms with Crippen LogP contribution in [-0.4, -0.2) is 5.11 Å². The average Bonchev–Trinajstić information content (AvgIpc) is 1.94. The minimum Gasteiger partial charge on any atom is -0.508 e. The highest BCUT2D eigenvalue weighted by Gasteiger charge is 1.90. The van der Waals surface area contributed by atoms with E-state index in [4.69, 9.17) is 5.11 Å². The van der Waals surface area contributed by atoms with E-state index < -0.39 is 0 Å². The third-order valence-electron chi connectivity index (χ3n) is 1.22. The van der Waals surface area contributed by atoms with Gasteiger partial charge in [-0.25, -0.2) is 0 Å². The molecule has 1 N–H and O–H groups in total. The summed E-state index contributed by atoms with van der Waals surface area (Å²) in [6.45, 7) is 0. The van der Waals surface area contributed by atoms with Gasteiger partial charge in [0.15, 0.2) is 0 Å². The third kappa shape index (κ3) is 1.41. The van der Waals surface area contributed by atoms with Gasteiger partial charge in [0, 0.05) is 0 Å². The molecule has 0 aromatic heterocycles. The molecule has 1 aliphatic carbocycles. The first-order valence-electron chi connectivity index (χ1n) is 2.95. The fourth-order valence-corrected chi connectivity index (χ4v) is 0.758. The smallest absolute Gasteiger partial charge is 0.111 e. The molecular weight excluding hydrogens is 100 g/mol. The van der Waals surface area contributed by atoms with Crippen molar-refractivity contribution in [3.63, 3.8) is 0 Å². The molecule has 0 aliphatic heterocycles. The van der Waals surface area contributed by atoms with Crippen molar-refractivity contribution in [2.45, 2.75) is 19.3 Å². The van der Waals surface area contributed by atoms with Gasteiger partial charge >= 0.3 is 0 Å². The Morgan fingerprint density at radius 2 is 2.25 bits per heavy atom. The molecule has 0 amide bonds. The maximum absolute atomic E-state index is 8.86. The summed E-state index contributed by atoms with van der Waals surface area (Å²) in [7, 11) is 0. The van der Waals surface area contributed by atoms with Gasteiger partial charge in [-0.15, -0.1) is 0 Å². The van der Waals surface area contributed by atoms with Gasteiger partial charge in [-0.2, -0.15) is 0 Å². The molecule has 0 bridgehead atoms. The van der Waals surface area contributed by atoms with Crippen LogP contribution in [0.25, 0.3) is 0 Å². The zero-order chi connectivity index (χ0) is 5.82. The Morgan fingerprint density at radius 1 is 1.38 bits per heavy atom. The predicted molar refractivity (Wildman–Crippen MR) is 33.7 cm³/mol. The van der Waals surface area contributed by atoms with Crippen molar-refractivity contribution >= 4 is 0 Å². The van der Waals surface area contributed by atoms with E-state index in [1.165, 1.54) is 6.42 Å². The molecule has 0 atom stereocenters. The van der Waals surface area contributed by atoms with Crippen molar-refractivity contribution in [1.82, 2.24) is 0 Å². The Balaban J connectivity index is 2.55. The number of allylic oxidation sites excluding steroid dienone is 3. The van der Waals surface area contributed by atoms with Crippen molar-refractivity contribution in [3.05, 3.63) is 24.0 Å². The molecule has 8 heavy (non-hydrogen) atoms. The van der Waals surface area contributed by atoms with Gasteiger partial charge in [0.25, 0.3) is 0 Å². The zero-order valence-corrected chi connectivity index (χ0v) is 4.80. The van der Waals surface area contributed by atoms with E-state index in [1.54, 1.807) is 6.08 Å². The van der Waals surface area contributed by atoms with Crippen LogP contribution in [0.2, 0.25) is 0 Å². The molecule has 0 radical (unpaired) electrons. The van der Waals surface area contributed by atoms with Crippen molar-refractivity contribution in [2.24, 2.45) is 0 Å². The summed E-state index contributed by atoms with van der Waals surface area (Å²) >= 11 is 0. The fraction of sp³-hybridized carbons (Fsp3) is 0.429. The van der Waals surface area contributed by atoms with E-state index in [-0.39, 0.29) is 0 Å². The lowest BCUT2D eigenvalue weighted by atomic mass is 10.2. The first-order valence-corrected chi connectivity index (χ1v) is 2.95. The van der Waals surface area contributed by atoms with Crippen LogP contribution in [0.4, 0.5) is 0 Å². The van der Waals surface area contributed by atoms with Gasteiger partial charge < -0.3 is 5.11 Å². The van der Waals surface area contributed by atoms with Gasteiger partial charge in [-0.1, -0.05) is 6.08 Å². The minimum absolute atomic E-state index is 0.419. The molecule has 44 valence electrons. The van der Waals surface area contributed by atoms with E-state index in [9.17, 15) is 0 Å². The van der Waals surface area contributed by atoms with Gasteiger partial charge in [0.2, 0.25) is 0 Å². The van der Waals surface area contributed by atoms with Gasteiger partial charge in [0.1, 0.15) is 5.76 Å². The van der Waals surface area contributed by atoms with Gasteiger partial charge in [-0.3, -0.25) is 0 Å². The van der Waals surface area contributed by atoms with E-state index in [2.05, 4.69) is 0 Å². The molecule has 0 fully saturated rings. The number of aliphatic hydroxyl groups excluding tert-OH is 1. The highest BCUT2D eigenvalue weighted by molar-refractivity contribution is 5.11. The molecule has 0 aromatic carbocycles. The van der Waals surface area contributed by atoms with E-state index in [1.807, 2.05) is 12.2 Å². The molecule has 0 unspecified atom stereocenters. The fourth-order valence-electron chi connectivity index (χ4n) is 0.758. The van der Waals surface area contributed by atoms with Crippen molar-refractivity contribution < 1.29 is 5.11 Å². The van der Waals surface area contributed by atoms with Gasteiger partial charge in [-0.05, 0) is 31.4 Å². The zero-order valence-electron chi connectivity index (χ0n) is 4.80. The molecule has 0 spiro atoms. The van der Waals surface area contributed by atoms with E-state index in [0.29, 0.717) is 5.76 Å². The van der Waals surface area contributed by atoms with E-state index >= 15 is 0 Å². The van der Waals surface area contributed by atoms with Gasteiger partial charge in [0.05, 0.1) is 0 Å². The molecule has 1 heteroatoms. The molecule has 1 rings (SSSR count). The summed E-state index contributed by atoms with van der Waals surface area (Å²) in [6.07, 6.45) is 8.88. The summed E-state index contributed by atoms with van der Waals surface area (Å²) in [5, 5.41) is 8.86. The maximum atomic E-state index is 8.86. The molecule has 0 saturated carbocycles. The molecule has 0 aromatic rings. The third-order valence-corrected chi connectivity index (χ3v) is 1.22. The average molecular weight is 110 g/mol. The second-order valence-corrected chi connectivity index (χ2v) is 1.96. The topological polar surface area (TPSA) is 20.2 Å². The SMILES string of the molecule is OC1=CCCCC=C1. The minimum atomic E-state index is 0.419. The van der Waals surface area contributed by atoms with Crippen LogP contribution in [0.3, 0.4) is 0 Å². The number of aliphatic hydroxyl groups is 1. The Labute approximate surface area is 49.3 Å². The lowest BCUT2D eigenvalue weighted by Crippen LogP contribution is -1.68. The highest BCUT2D eigenvalue weighted by atomic mass is 16.3. The van der Waals surface area contributed by atoms with Crippen LogP contribution in [0.5, 0.6) is 0 Å². The van der Waals surface area contributed by atoms with Crippen LogP contribution >= 0.6 is 0 Å². The lowest BCUT2D eigenvalue weighted by Gasteiger charge is -1.83. The Morgan fingerprint density at radius 3 is 3.12 bits per heavy atom. The second-order valence-electron chi connectivity index (χ2n) is 1.96. The Kier molecular flexibility index (Phi) is 1.73. The van der Waals surface area contributed by atoms with E-state index in [0.717, 1.165) is 12.8 Å². The summed E-state index contributed by atoms with van der Waals surface area (Å²) in [4.78, 5) is 0. The lowest BCUT2D eigenvalue weighted by molar-refractivity contribution is 0.430. The number of rotatable bonds is 0. The van der Waals surface area contributed by atoms with Crippen molar-refractivity contribution in [2.75, 3.05) is 0 Å². The van der Waals surface area contributed by atoms with Crippen molar-refractivity contribution in [3.8, 4) is 0 Å². The molecule has 0 heterocycles. The maximum Gasteiger partial charge on any atom is 0.111 e. The van der Waals surface area contributed by atoms with Crippen LogP contribution in [0.1, 0.15) is 19.3 Å². The number of hydrogen-bond donors (Lipinski definition) is 1. The highest BCUT2D eigenvalue weighted by Crippen LogP contribution is 2.06. The normalized spacial score (nSPS) is 19.8. The summed E-state index contributed by atoms with van der Waals surface area (Å²) < 4.78 is 0. The van der Waals surface area contributed by atoms with Crippen LogP contribution in [0, 0.1) is 0 Å². The monoisotopic (exact) mass is 110 g/mol. The van der Waals surface area contributed by atoms with Crippen LogP contribution in [0.15, 0.2) is 24.0 Å². The summed E-state index contributed by atoms with van der Waals surface area (Å²) in [5.74, 6) is 0.419. The largest absolute Gasteiger partial charge is 0.508 e. The molecule has 0 saturated heterocycles. The molecule has 1 aliphatic rings. The molecular formula is C7H10O. The van der Waals surface area contributed by atoms with Crippen molar-refractivity contribution in [1.29, 1.82) is 0 Å². The second kappa shape index (κ2) is 2.55. The Hall–Kier alpha value is -0.720.